The van der Waals surface area contributed by atoms with E-state index in [9.17, 15) is 4.79 Å². The minimum atomic E-state index is -0.0365. The molecule has 1 aliphatic heterocycles. The zero-order chi connectivity index (χ0) is 11.4. The zero-order valence-corrected chi connectivity index (χ0v) is 9.58. The van der Waals surface area contributed by atoms with E-state index < -0.39 is 0 Å². The van der Waals surface area contributed by atoms with Crippen LogP contribution in [0.1, 0.15) is 35.4 Å². The third-order valence-electron chi connectivity index (χ3n) is 2.87. The van der Waals surface area contributed by atoms with Crippen molar-refractivity contribution in [1.29, 1.82) is 0 Å². The second kappa shape index (κ2) is 5.16. The van der Waals surface area contributed by atoms with Gasteiger partial charge in [0.05, 0.1) is 5.56 Å². The van der Waals surface area contributed by atoms with E-state index in [0.29, 0.717) is 5.56 Å². The molecule has 2 N–H and O–H groups in total. The summed E-state index contributed by atoms with van der Waals surface area (Å²) in [6.07, 6.45) is 4.92. The van der Waals surface area contributed by atoms with Gasteiger partial charge in [-0.15, -0.1) is 0 Å². The van der Waals surface area contributed by atoms with E-state index in [2.05, 4.69) is 10.6 Å². The SMILES string of the molecule is Cc1cc(C(=O)NC2CCCCNC2)co1. The first-order valence-corrected chi connectivity index (χ1v) is 5.82. The molecule has 1 aliphatic rings. The molecule has 4 heteroatoms. The Morgan fingerprint density at radius 1 is 1.56 bits per heavy atom. The quantitative estimate of drug-likeness (QED) is 0.796. The number of aryl methyl sites for hydroxylation is 1. The van der Waals surface area contributed by atoms with E-state index in [1.54, 1.807) is 6.07 Å². The molecule has 0 spiro atoms. The van der Waals surface area contributed by atoms with Crippen LogP contribution < -0.4 is 10.6 Å². The van der Waals surface area contributed by atoms with Crippen LogP contribution in [-0.4, -0.2) is 25.0 Å². The van der Waals surface area contributed by atoms with Crippen LogP contribution >= 0.6 is 0 Å². The molecule has 16 heavy (non-hydrogen) atoms. The van der Waals surface area contributed by atoms with Crippen LogP contribution in [0, 0.1) is 6.92 Å². The average molecular weight is 222 g/mol. The third kappa shape index (κ3) is 2.85. The number of hydrogen-bond donors (Lipinski definition) is 2. The second-order valence-corrected chi connectivity index (χ2v) is 4.32. The second-order valence-electron chi connectivity index (χ2n) is 4.32. The van der Waals surface area contributed by atoms with Crippen molar-refractivity contribution in [2.75, 3.05) is 13.1 Å². The van der Waals surface area contributed by atoms with Crippen molar-refractivity contribution < 1.29 is 9.21 Å². The Bertz CT molecular complexity index is 352. The summed E-state index contributed by atoms with van der Waals surface area (Å²) in [5.41, 5.74) is 0.613. The van der Waals surface area contributed by atoms with Gasteiger partial charge in [-0.1, -0.05) is 6.42 Å². The van der Waals surface area contributed by atoms with Gasteiger partial charge in [0.2, 0.25) is 0 Å². The Kier molecular flexibility index (Phi) is 3.62. The molecule has 0 aromatic carbocycles. The third-order valence-corrected chi connectivity index (χ3v) is 2.87. The first kappa shape index (κ1) is 11.2. The van der Waals surface area contributed by atoms with Crippen LogP contribution in [0.15, 0.2) is 16.7 Å². The predicted octanol–water partition coefficient (Wildman–Crippen LogP) is 1.46. The predicted molar refractivity (Wildman–Crippen MR) is 61.4 cm³/mol. The maximum Gasteiger partial charge on any atom is 0.254 e. The lowest BCUT2D eigenvalue weighted by molar-refractivity contribution is 0.0935. The number of furan rings is 1. The first-order chi connectivity index (χ1) is 7.75. The molecular formula is C12H18N2O2. The number of nitrogens with one attached hydrogen (secondary N) is 2. The molecule has 1 saturated heterocycles. The molecule has 1 atom stereocenters. The van der Waals surface area contributed by atoms with Crippen LogP contribution in [0.2, 0.25) is 0 Å². The van der Waals surface area contributed by atoms with Gasteiger partial charge in [0.25, 0.3) is 5.91 Å². The highest BCUT2D eigenvalue weighted by atomic mass is 16.3. The summed E-state index contributed by atoms with van der Waals surface area (Å²) in [6, 6.07) is 2.00. The molecule has 2 rings (SSSR count). The summed E-state index contributed by atoms with van der Waals surface area (Å²) in [4.78, 5) is 11.8. The largest absolute Gasteiger partial charge is 0.469 e. The van der Waals surface area contributed by atoms with Crippen molar-refractivity contribution in [1.82, 2.24) is 10.6 Å². The van der Waals surface area contributed by atoms with Gasteiger partial charge in [-0.3, -0.25) is 4.79 Å². The average Bonchev–Trinajstić information content (AvgIpc) is 2.54. The summed E-state index contributed by atoms with van der Waals surface area (Å²) in [7, 11) is 0. The minimum Gasteiger partial charge on any atom is -0.469 e. The summed E-state index contributed by atoms with van der Waals surface area (Å²) in [5, 5.41) is 6.35. The maximum absolute atomic E-state index is 11.8. The monoisotopic (exact) mass is 222 g/mol. The number of carbonyl (C=O) groups excluding carboxylic acids is 1. The highest BCUT2D eigenvalue weighted by Crippen LogP contribution is 2.08. The van der Waals surface area contributed by atoms with Gasteiger partial charge in [0.15, 0.2) is 0 Å². The maximum atomic E-state index is 11.8. The van der Waals surface area contributed by atoms with Crippen molar-refractivity contribution >= 4 is 5.91 Å². The molecule has 0 aliphatic carbocycles. The zero-order valence-electron chi connectivity index (χ0n) is 9.58. The van der Waals surface area contributed by atoms with E-state index in [4.69, 9.17) is 4.42 Å². The number of amides is 1. The standard InChI is InChI=1S/C12H18N2O2/c1-9-6-10(8-16-9)12(15)14-11-4-2-3-5-13-7-11/h6,8,11,13H,2-5,7H2,1H3,(H,14,15). The van der Waals surface area contributed by atoms with Gasteiger partial charge in [-0.2, -0.15) is 0 Å². The van der Waals surface area contributed by atoms with Crippen LogP contribution in [0.5, 0.6) is 0 Å². The van der Waals surface area contributed by atoms with Crippen molar-refractivity contribution in [3.8, 4) is 0 Å². The van der Waals surface area contributed by atoms with Gasteiger partial charge in [0.1, 0.15) is 12.0 Å². The molecule has 1 unspecified atom stereocenters. The van der Waals surface area contributed by atoms with E-state index in [1.165, 1.54) is 19.1 Å². The minimum absolute atomic E-state index is 0.0365. The normalized spacial score (nSPS) is 21.4. The molecule has 4 nitrogen and oxygen atoms in total. The Labute approximate surface area is 95.4 Å². The van der Waals surface area contributed by atoms with Crippen LogP contribution in [0.25, 0.3) is 0 Å². The van der Waals surface area contributed by atoms with Crippen LogP contribution in [0.3, 0.4) is 0 Å². The summed E-state index contributed by atoms with van der Waals surface area (Å²) < 4.78 is 5.12. The van der Waals surface area contributed by atoms with E-state index in [0.717, 1.165) is 25.3 Å². The van der Waals surface area contributed by atoms with Crippen molar-refractivity contribution in [3.63, 3.8) is 0 Å². The first-order valence-electron chi connectivity index (χ1n) is 5.82. The molecule has 1 aromatic heterocycles. The van der Waals surface area contributed by atoms with Gasteiger partial charge >= 0.3 is 0 Å². The number of carbonyl (C=O) groups is 1. The van der Waals surface area contributed by atoms with Gasteiger partial charge < -0.3 is 15.1 Å². The van der Waals surface area contributed by atoms with E-state index >= 15 is 0 Å². The fraction of sp³-hybridized carbons (Fsp3) is 0.583. The Hall–Kier alpha value is -1.29. The Morgan fingerprint density at radius 3 is 3.19 bits per heavy atom. The van der Waals surface area contributed by atoms with Gasteiger partial charge in [-0.25, -0.2) is 0 Å². The van der Waals surface area contributed by atoms with E-state index in [1.807, 2.05) is 6.92 Å². The topological polar surface area (TPSA) is 54.3 Å². The van der Waals surface area contributed by atoms with Crippen LogP contribution in [0.4, 0.5) is 0 Å². The summed E-state index contributed by atoms with van der Waals surface area (Å²) in [6.45, 7) is 3.75. The molecule has 0 bridgehead atoms. The fourth-order valence-corrected chi connectivity index (χ4v) is 1.97. The lowest BCUT2D eigenvalue weighted by Crippen LogP contribution is -2.40. The fourth-order valence-electron chi connectivity index (χ4n) is 1.97. The summed E-state index contributed by atoms with van der Waals surface area (Å²) in [5.74, 6) is 0.731. The van der Waals surface area contributed by atoms with Crippen molar-refractivity contribution in [3.05, 3.63) is 23.7 Å². The smallest absolute Gasteiger partial charge is 0.254 e. The highest BCUT2D eigenvalue weighted by Gasteiger charge is 2.16. The lowest BCUT2D eigenvalue weighted by atomic mass is 10.1. The number of hydrogen-bond acceptors (Lipinski definition) is 3. The van der Waals surface area contributed by atoms with Gasteiger partial charge in [-0.05, 0) is 32.4 Å². The molecular weight excluding hydrogens is 204 g/mol. The molecule has 2 heterocycles. The highest BCUT2D eigenvalue weighted by molar-refractivity contribution is 5.94. The molecule has 0 radical (unpaired) electrons. The molecule has 0 saturated carbocycles. The molecule has 1 fully saturated rings. The lowest BCUT2D eigenvalue weighted by Gasteiger charge is -2.15. The van der Waals surface area contributed by atoms with Crippen molar-refractivity contribution in [2.24, 2.45) is 0 Å². The molecule has 88 valence electrons. The molecule has 1 aromatic rings. The number of rotatable bonds is 2. The van der Waals surface area contributed by atoms with E-state index in [-0.39, 0.29) is 11.9 Å². The van der Waals surface area contributed by atoms with Gasteiger partial charge in [0, 0.05) is 12.6 Å². The Morgan fingerprint density at radius 2 is 2.44 bits per heavy atom. The van der Waals surface area contributed by atoms with Crippen molar-refractivity contribution in [2.45, 2.75) is 32.2 Å². The summed E-state index contributed by atoms with van der Waals surface area (Å²) >= 11 is 0. The molecule has 1 amide bonds. The Balaban J connectivity index is 1.90. The van der Waals surface area contributed by atoms with Crippen LogP contribution in [-0.2, 0) is 0 Å².